The van der Waals surface area contributed by atoms with Crippen molar-refractivity contribution in [2.24, 2.45) is 0 Å². The van der Waals surface area contributed by atoms with E-state index in [9.17, 15) is 9.90 Å². The van der Waals surface area contributed by atoms with Crippen molar-refractivity contribution in [2.75, 3.05) is 39.0 Å². The average Bonchev–Trinajstić information content (AvgIpc) is 3.22. The molecule has 4 rings (SSSR count). The molecule has 0 unspecified atom stereocenters. The monoisotopic (exact) mass is 484 g/mol. The maximum atomic E-state index is 12.6. The highest BCUT2D eigenvalue weighted by molar-refractivity contribution is 5.82. The number of aliphatic hydroxyl groups is 1. The molecule has 1 aliphatic heterocycles. The number of aromatic nitrogens is 3. The molecule has 35 heavy (non-hydrogen) atoms. The van der Waals surface area contributed by atoms with E-state index in [0.29, 0.717) is 30.4 Å². The Morgan fingerprint density at radius 1 is 1.20 bits per heavy atom. The van der Waals surface area contributed by atoms with Gasteiger partial charge in [0.05, 0.1) is 6.10 Å². The van der Waals surface area contributed by atoms with Crippen LogP contribution < -0.4 is 5.32 Å². The minimum atomic E-state index is -0.177. The number of rotatable bonds is 9. The van der Waals surface area contributed by atoms with Gasteiger partial charge in [0.1, 0.15) is 5.65 Å². The highest BCUT2D eigenvalue weighted by atomic mass is 16.3. The fraction of sp³-hybridized carbons (Fsp3) is 0.741. The van der Waals surface area contributed by atoms with E-state index < -0.39 is 0 Å². The molecule has 1 aliphatic carbocycles. The molecule has 194 valence electrons. The summed E-state index contributed by atoms with van der Waals surface area (Å²) in [5.41, 5.74) is 2.33. The predicted octanol–water partition coefficient (Wildman–Crippen LogP) is 4.17. The SMILES string of the molecule is CCC[C@H](C)Nc1ncc2c(C3CCN(C(=O)CCN(C)C)CC3)cn([C@H]3CC[C@H](O)CC3)c2n1. The van der Waals surface area contributed by atoms with Crippen LogP contribution in [0.2, 0.25) is 0 Å². The summed E-state index contributed by atoms with van der Waals surface area (Å²) < 4.78 is 2.36. The molecule has 2 aromatic heterocycles. The highest BCUT2D eigenvalue weighted by Crippen LogP contribution is 2.38. The first kappa shape index (κ1) is 25.9. The van der Waals surface area contributed by atoms with E-state index in [2.05, 4.69) is 34.8 Å². The second-order valence-electron chi connectivity index (χ2n) is 10.9. The van der Waals surface area contributed by atoms with E-state index >= 15 is 0 Å². The summed E-state index contributed by atoms with van der Waals surface area (Å²) in [6, 6.07) is 0.692. The molecule has 0 spiro atoms. The summed E-state index contributed by atoms with van der Waals surface area (Å²) in [5, 5.41) is 14.7. The number of hydrogen-bond acceptors (Lipinski definition) is 6. The lowest BCUT2D eigenvalue weighted by Gasteiger charge is -2.32. The second-order valence-corrected chi connectivity index (χ2v) is 10.9. The van der Waals surface area contributed by atoms with Crippen LogP contribution in [0.1, 0.15) is 89.2 Å². The number of hydrogen-bond donors (Lipinski definition) is 2. The normalized spacial score (nSPS) is 22.6. The number of likely N-dealkylation sites (tertiary alicyclic amines) is 1. The molecule has 1 atom stereocenters. The molecule has 1 amide bonds. The Balaban J connectivity index is 1.55. The summed E-state index contributed by atoms with van der Waals surface area (Å²) in [6.45, 7) is 6.80. The number of amides is 1. The van der Waals surface area contributed by atoms with Crippen molar-refractivity contribution in [1.82, 2.24) is 24.3 Å². The number of nitrogens with one attached hydrogen (secondary N) is 1. The fourth-order valence-corrected chi connectivity index (χ4v) is 5.71. The van der Waals surface area contributed by atoms with Gasteiger partial charge in [0, 0.05) is 55.9 Å². The average molecular weight is 485 g/mol. The molecule has 8 heteroatoms. The molecule has 1 saturated heterocycles. The predicted molar refractivity (Wildman–Crippen MR) is 141 cm³/mol. The van der Waals surface area contributed by atoms with Crippen LogP contribution in [0, 0.1) is 0 Å². The van der Waals surface area contributed by atoms with Crippen LogP contribution in [-0.4, -0.2) is 81.2 Å². The summed E-state index contributed by atoms with van der Waals surface area (Å²) in [6.07, 6.45) is 12.5. The topological polar surface area (TPSA) is 86.5 Å². The number of nitrogens with zero attached hydrogens (tertiary/aromatic N) is 5. The van der Waals surface area contributed by atoms with Crippen LogP contribution in [0.25, 0.3) is 11.0 Å². The van der Waals surface area contributed by atoms with Gasteiger partial charge >= 0.3 is 0 Å². The summed E-state index contributed by atoms with van der Waals surface area (Å²) in [7, 11) is 4.02. The fourth-order valence-electron chi connectivity index (χ4n) is 5.71. The maximum absolute atomic E-state index is 12.6. The lowest BCUT2D eigenvalue weighted by molar-refractivity contribution is -0.132. The zero-order valence-electron chi connectivity index (χ0n) is 22.0. The molecule has 3 heterocycles. The first-order chi connectivity index (χ1) is 16.9. The van der Waals surface area contributed by atoms with Crippen molar-refractivity contribution in [3.05, 3.63) is 18.0 Å². The van der Waals surface area contributed by atoms with Gasteiger partial charge in [-0.1, -0.05) is 13.3 Å². The molecule has 2 N–H and O–H groups in total. The first-order valence-electron chi connectivity index (χ1n) is 13.6. The van der Waals surface area contributed by atoms with Gasteiger partial charge in [0.15, 0.2) is 0 Å². The summed E-state index contributed by atoms with van der Waals surface area (Å²) in [5.74, 6) is 1.37. The standard InChI is InChI=1S/C27H44N6O2/c1-5-6-19(2)29-27-28-17-23-24(18-33(26(23)30-27)21-7-9-22(34)10-8-21)20-11-15-32(16-12-20)25(35)13-14-31(3)4/h17-22,34H,5-16H2,1-4H3,(H,28,29,30)/t19-,21-,22-/m0/s1. The number of carbonyl (C=O) groups excluding carboxylic acids is 1. The third-order valence-electron chi connectivity index (χ3n) is 7.82. The van der Waals surface area contributed by atoms with E-state index in [1.54, 1.807) is 0 Å². The first-order valence-corrected chi connectivity index (χ1v) is 13.6. The van der Waals surface area contributed by atoms with Gasteiger partial charge in [-0.05, 0) is 77.4 Å². The van der Waals surface area contributed by atoms with E-state index in [-0.39, 0.29) is 12.0 Å². The minimum Gasteiger partial charge on any atom is -0.393 e. The van der Waals surface area contributed by atoms with Crippen molar-refractivity contribution in [3.8, 4) is 0 Å². The molecule has 2 fully saturated rings. The third kappa shape index (κ3) is 6.33. The van der Waals surface area contributed by atoms with E-state index in [0.717, 1.165) is 82.0 Å². The van der Waals surface area contributed by atoms with Crippen molar-refractivity contribution in [1.29, 1.82) is 0 Å². The molecule has 0 aromatic carbocycles. The largest absolute Gasteiger partial charge is 0.393 e. The van der Waals surface area contributed by atoms with Crippen molar-refractivity contribution >= 4 is 22.9 Å². The summed E-state index contributed by atoms with van der Waals surface area (Å²) in [4.78, 5) is 26.4. The van der Waals surface area contributed by atoms with Gasteiger partial charge in [-0.25, -0.2) is 4.98 Å². The van der Waals surface area contributed by atoms with Gasteiger partial charge < -0.3 is 24.8 Å². The smallest absolute Gasteiger partial charge is 0.224 e. The Hall–Kier alpha value is -2.19. The van der Waals surface area contributed by atoms with Gasteiger partial charge in [0.2, 0.25) is 11.9 Å². The quantitative estimate of drug-likeness (QED) is 0.556. The molecule has 2 aliphatic rings. The molecular weight excluding hydrogens is 440 g/mol. The zero-order valence-corrected chi connectivity index (χ0v) is 22.0. The Morgan fingerprint density at radius 3 is 2.57 bits per heavy atom. The Kier molecular flexibility index (Phi) is 8.65. The minimum absolute atomic E-state index is 0.177. The molecule has 0 bridgehead atoms. The van der Waals surface area contributed by atoms with E-state index in [1.807, 2.05) is 25.2 Å². The summed E-state index contributed by atoms with van der Waals surface area (Å²) >= 11 is 0. The number of carbonyl (C=O) groups is 1. The van der Waals surface area contributed by atoms with Crippen molar-refractivity contribution < 1.29 is 9.90 Å². The van der Waals surface area contributed by atoms with Crippen LogP contribution in [-0.2, 0) is 4.79 Å². The second kappa shape index (κ2) is 11.7. The van der Waals surface area contributed by atoms with Crippen LogP contribution in [0.3, 0.4) is 0 Å². The van der Waals surface area contributed by atoms with Crippen LogP contribution in [0.4, 0.5) is 5.95 Å². The van der Waals surface area contributed by atoms with Gasteiger partial charge in [-0.2, -0.15) is 4.98 Å². The molecule has 0 radical (unpaired) electrons. The highest BCUT2D eigenvalue weighted by Gasteiger charge is 2.29. The Bertz CT molecular complexity index is 973. The number of aliphatic hydroxyl groups excluding tert-OH is 1. The van der Waals surface area contributed by atoms with Crippen molar-refractivity contribution in [3.63, 3.8) is 0 Å². The van der Waals surface area contributed by atoms with Crippen LogP contribution in [0.15, 0.2) is 12.4 Å². The Morgan fingerprint density at radius 2 is 1.91 bits per heavy atom. The molecular formula is C27H44N6O2. The number of fused-ring (bicyclic) bond motifs is 1. The third-order valence-corrected chi connectivity index (χ3v) is 7.82. The molecule has 1 saturated carbocycles. The van der Waals surface area contributed by atoms with Crippen LogP contribution >= 0.6 is 0 Å². The van der Waals surface area contributed by atoms with Crippen LogP contribution in [0.5, 0.6) is 0 Å². The number of piperidine rings is 1. The molecule has 8 nitrogen and oxygen atoms in total. The zero-order chi connectivity index (χ0) is 24.9. The molecule has 2 aromatic rings. The number of anilines is 1. The maximum Gasteiger partial charge on any atom is 0.224 e. The lowest BCUT2D eigenvalue weighted by atomic mass is 9.89. The van der Waals surface area contributed by atoms with Crippen molar-refractivity contribution in [2.45, 2.75) is 95.7 Å². The van der Waals surface area contributed by atoms with E-state index in [4.69, 9.17) is 9.97 Å². The van der Waals surface area contributed by atoms with Gasteiger partial charge in [-0.15, -0.1) is 0 Å². The van der Waals surface area contributed by atoms with E-state index in [1.165, 1.54) is 5.56 Å². The van der Waals surface area contributed by atoms with Gasteiger partial charge in [0.25, 0.3) is 0 Å². The lowest BCUT2D eigenvalue weighted by Crippen LogP contribution is -2.39. The Labute approximate surface area is 210 Å². The van der Waals surface area contributed by atoms with Gasteiger partial charge in [-0.3, -0.25) is 4.79 Å².